The molecule has 20 heavy (non-hydrogen) atoms. The molecule has 0 aromatic heterocycles. The van der Waals surface area contributed by atoms with Gasteiger partial charge in [0.1, 0.15) is 0 Å². The van der Waals surface area contributed by atoms with Crippen LogP contribution in [0.4, 0.5) is 5.69 Å². The van der Waals surface area contributed by atoms with E-state index in [4.69, 9.17) is 0 Å². The van der Waals surface area contributed by atoms with Crippen molar-refractivity contribution in [3.63, 3.8) is 0 Å². The smallest absolute Gasteiger partial charge is 0.251 e. The molecule has 1 aliphatic rings. The Morgan fingerprint density at radius 3 is 2.50 bits per heavy atom. The molecular formula is C15H20N2O3. The SMILES string of the molecule is CCNC(=O)c1ccc(NC(=O)C2CCCC2O)cc1. The Labute approximate surface area is 118 Å². The molecule has 2 amide bonds. The van der Waals surface area contributed by atoms with Crippen molar-refractivity contribution in [1.29, 1.82) is 0 Å². The van der Waals surface area contributed by atoms with Gasteiger partial charge in [0.15, 0.2) is 0 Å². The maximum Gasteiger partial charge on any atom is 0.251 e. The molecule has 1 fully saturated rings. The summed E-state index contributed by atoms with van der Waals surface area (Å²) in [5.41, 5.74) is 1.20. The third-order valence-electron chi connectivity index (χ3n) is 3.57. The van der Waals surface area contributed by atoms with Crippen molar-refractivity contribution in [3.8, 4) is 0 Å². The number of anilines is 1. The number of rotatable bonds is 4. The second-order valence-corrected chi connectivity index (χ2v) is 5.03. The van der Waals surface area contributed by atoms with Crippen LogP contribution >= 0.6 is 0 Å². The first kappa shape index (κ1) is 14.5. The van der Waals surface area contributed by atoms with Gasteiger partial charge in [0.2, 0.25) is 5.91 Å². The van der Waals surface area contributed by atoms with E-state index in [1.165, 1.54) is 0 Å². The molecule has 2 atom stereocenters. The van der Waals surface area contributed by atoms with Crippen LogP contribution in [0.2, 0.25) is 0 Å². The number of hydrogen-bond acceptors (Lipinski definition) is 3. The van der Waals surface area contributed by atoms with E-state index in [1.54, 1.807) is 24.3 Å². The minimum atomic E-state index is -0.537. The molecule has 1 aromatic carbocycles. The molecule has 1 saturated carbocycles. The first-order valence-electron chi connectivity index (χ1n) is 6.99. The zero-order valence-corrected chi connectivity index (χ0v) is 11.6. The number of hydrogen-bond donors (Lipinski definition) is 3. The highest BCUT2D eigenvalue weighted by Gasteiger charge is 2.31. The largest absolute Gasteiger partial charge is 0.392 e. The quantitative estimate of drug-likeness (QED) is 0.780. The summed E-state index contributed by atoms with van der Waals surface area (Å²) in [5, 5.41) is 15.2. The van der Waals surface area contributed by atoms with E-state index >= 15 is 0 Å². The summed E-state index contributed by atoms with van der Waals surface area (Å²) < 4.78 is 0. The fourth-order valence-electron chi connectivity index (χ4n) is 2.45. The van der Waals surface area contributed by atoms with E-state index in [9.17, 15) is 14.7 Å². The molecule has 0 radical (unpaired) electrons. The Bertz CT molecular complexity index is 484. The van der Waals surface area contributed by atoms with E-state index in [-0.39, 0.29) is 17.7 Å². The molecule has 1 aliphatic carbocycles. The Morgan fingerprint density at radius 1 is 1.25 bits per heavy atom. The van der Waals surface area contributed by atoms with Crippen molar-refractivity contribution in [2.24, 2.45) is 5.92 Å². The van der Waals surface area contributed by atoms with E-state index in [0.29, 0.717) is 24.2 Å². The van der Waals surface area contributed by atoms with E-state index in [1.807, 2.05) is 6.92 Å². The van der Waals surface area contributed by atoms with Crippen LogP contribution in [0, 0.1) is 5.92 Å². The van der Waals surface area contributed by atoms with Gasteiger partial charge >= 0.3 is 0 Å². The lowest BCUT2D eigenvalue weighted by atomic mass is 10.1. The van der Waals surface area contributed by atoms with Crippen LogP contribution in [0.3, 0.4) is 0 Å². The Hall–Kier alpha value is -1.88. The van der Waals surface area contributed by atoms with Gasteiger partial charge in [0.25, 0.3) is 5.91 Å². The molecular weight excluding hydrogens is 256 g/mol. The maximum absolute atomic E-state index is 12.0. The van der Waals surface area contributed by atoms with Crippen molar-refractivity contribution < 1.29 is 14.7 Å². The lowest BCUT2D eigenvalue weighted by Gasteiger charge is -2.14. The number of nitrogens with one attached hydrogen (secondary N) is 2. The van der Waals surface area contributed by atoms with Crippen LogP contribution in [-0.2, 0) is 4.79 Å². The molecule has 2 rings (SSSR count). The Morgan fingerprint density at radius 2 is 1.95 bits per heavy atom. The summed E-state index contributed by atoms with van der Waals surface area (Å²) >= 11 is 0. The van der Waals surface area contributed by atoms with Gasteiger partial charge < -0.3 is 15.7 Å². The van der Waals surface area contributed by atoms with Crippen molar-refractivity contribution in [1.82, 2.24) is 5.32 Å². The highest BCUT2D eigenvalue weighted by Crippen LogP contribution is 2.26. The van der Waals surface area contributed by atoms with Crippen molar-refractivity contribution in [2.45, 2.75) is 32.3 Å². The van der Waals surface area contributed by atoms with Gasteiger partial charge in [-0.05, 0) is 50.5 Å². The maximum atomic E-state index is 12.0. The van der Waals surface area contributed by atoms with Crippen LogP contribution in [-0.4, -0.2) is 29.6 Å². The molecule has 0 aliphatic heterocycles. The Kier molecular flexibility index (Phi) is 4.74. The van der Waals surface area contributed by atoms with Gasteiger partial charge in [-0.25, -0.2) is 0 Å². The summed E-state index contributed by atoms with van der Waals surface area (Å²) in [7, 11) is 0. The summed E-state index contributed by atoms with van der Waals surface area (Å²) in [6.45, 7) is 2.44. The second-order valence-electron chi connectivity index (χ2n) is 5.03. The summed E-state index contributed by atoms with van der Waals surface area (Å²) in [6.07, 6.45) is 1.76. The third kappa shape index (κ3) is 3.36. The van der Waals surface area contributed by atoms with Gasteiger partial charge in [-0.3, -0.25) is 9.59 Å². The van der Waals surface area contributed by atoms with Gasteiger partial charge in [0.05, 0.1) is 12.0 Å². The zero-order valence-electron chi connectivity index (χ0n) is 11.6. The molecule has 5 nitrogen and oxygen atoms in total. The van der Waals surface area contributed by atoms with Crippen LogP contribution in [0.15, 0.2) is 24.3 Å². The summed E-state index contributed by atoms with van der Waals surface area (Å²) in [5.74, 6) is -0.601. The van der Waals surface area contributed by atoms with Gasteiger partial charge in [-0.1, -0.05) is 0 Å². The number of aliphatic hydroxyl groups excluding tert-OH is 1. The number of carbonyl (C=O) groups is 2. The second kappa shape index (κ2) is 6.52. The van der Waals surface area contributed by atoms with Crippen LogP contribution in [0.1, 0.15) is 36.5 Å². The molecule has 3 N–H and O–H groups in total. The zero-order chi connectivity index (χ0) is 14.5. The number of benzene rings is 1. The van der Waals surface area contributed by atoms with Crippen molar-refractivity contribution in [3.05, 3.63) is 29.8 Å². The van der Waals surface area contributed by atoms with Crippen molar-refractivity contribution in [2.75, 3.05) is 11.9 Å². The van der Waals surface area contributed by atoms with Gasteiger partial charge in [0, 0.05) is 17.8 Å². The molecule has 108 valence electrons. The van der Waals surface area contributed by atoms with Crippen LogP contribution < -0.4 is 10.6 Å². The highest BCUT2D eigenvalue weighted by atomic mass is 16.3. The van der Waals surface area contributed by atoms with E-state index in [2.05, 4.69) is 10.6 Å². The van der Waals surface area contributed by atoms with E-state index in [0.717, 1.165) is 12.8 Å². The lowest BCUT2D eigenvalue weighted by Crippen LogP contribution is -2.28. The predicted molar refractivity (Wildman–Crippen MR) is 76.4 cm³/mol. The minimum absolute atomic E-state index is 0.128. The highest BCUT2D eigenvalue weighted by molar-refractivity contribution is 5.96. The molecule has 2 unspecified atom stereocenters. The number of amides is 2. The van der Waals surface area contributed by atoms with E-state index < -0.39 is 6.10 Å². The summed E-state index contributed by atoms with van der Waals surface area (Å²) in [6, 6.07) is 6.74. The Balaban J connectivity index is 1.96. The molecule has 5 heteroatoms. The molecule has 0 heterocycles. The van der Waals surface area contributed by atoms with Crippen LogP contribution in [0.25, 0.3) is 0 Å². The van der Waals surface area contributed by atoms with Crippen molar-refractivity contribution >= 4 is 17.5 Å². The fraction of sp³-hybridized carbons (Fsp3) is 0.467. The minimum Gasteiger partial charge on any atom is -0.392 e. The molecule has 0 saturated heterocycles. The number of aliphatic hydroxyl groups is 1. The average Bonchev–Trinajstić information content (AvgIpc) is 2.86. The standard InChI is InChI=1S/C15H20N2O3/c1-2-16-14(19)10-6-8-11(9-7-10)17-15(20)12-4-3-5-13(12)18/h6-9,12-13,18H,2-5H2,1H3,(H,16,19)(H,17,20). The summed E-state index contributed by atoms with van der Waals surface area (Å²) in [4.78, 5) is 23.6. The number of carbonyl (C=O) groups excluding carboxylic acids is 2. The third-order valence-corrected chi connectivity index (χ3v) is 3.57. The van der Waals surface area contributed by atoms with Crippen LogP contribution in [0.5, 0.6) is 0 Å². The monoisotopic (exact) mass is 276 g/mol. The first-order valence-corrected chi connectivity index (χ1v) is 6.99. The molecule has 0 spiro atoms. The first-order chi connectivity index (χ1) is 9.61. The molecule has 0 bridgehead atoms. The molecule has 1 aromatic rings. The van der Waals surface area contributed by atoms with Gasteiger partial charge in [-0.2, -0.15) is 0 Å². The van der Waals surface area contributed by atoms with Gasteiger partial charge in [-0.15, -0.1) is 0 Å². The normalized spacial score (nSPS) is 21.5. The topological polar surface area (TPSA) is 78.4 Å². The predicted octanol–water partition coefficient (Wildman–Crippen LogP) is 1.54. The lowest BCUT2D eigenvalue weighted by molar-refractivity contribution is -0.122. The fourth-order valence-corrected chi connectivity index (χ4v) is 2.45. The average molecular weight is 276 g/mol.